The van der Waals surface area contributed by atoms with Crippen molar-refractivity contribution in [2.24, 2.45) is 5.92 Å². The first-order chi connectivity index (χ1) is 13.3. The van der Waals surface area contributed by atoms with Crippen molar-refractivity contribution in [2.45, 2.75) is 26.3 Å². The molecule has 0 saturated heterocycles. The maximum Gasteiger partial charge on any atom is 0.331 e. The molecule has 2 rings (SSSR count). The SMILES string of the molecule is COc1ccc2cc(/C=C/C(=O)OCC(=O)N[C@@](C)(C#N)C(C)C)ccc2c1. The smallest absolute Gasteiger partial charge is 0.331 e. The molecule has 2 aromatic carbocycles. The van der Waals surface area contributed by atoms with E-state index in [0.717, 1.165) is 22.1 Å². The van der Waals surface area contributed by atoms with Gasteiger partial charge in [0.05, 0.1) is 13.2 Å². The first-order valence-electron chi connectivity index (χ1n) is 8.92. The highest BCUT2D eigenvalue weighted by molar-refractivity contribution is 5.91. The lowest BCUT2D eigenvalue weighted by Crippen LogP contribution is -2.50. The van der Waals surface area contributed by atoms with Crippen LogP contribution in [0.25, 0.3) is 16.8 Å². The number of nitriles is 1. The molecule has 6 nitrogen and oxygen atoms in total. The highest BCUT2D eigenvalue weighted by Gasteiger charge is 2.30. The van der Waals surface area contributed by atoms with E-state index in [0.29, 0.717) is 0 Å². The van der Waals surface area contributed by atoms with E-state index in [1.54, 1.807) is 20.1 Å². The molecule has 0 unspecified atom stereocenters. The summed E-state index contributed by atoms with van der Waals surface area (Å²) in [5, 5.41) is 13.8. The number of rotatable bonds is 7. The largest absolute Gasteiger partial charge is 0.497 e. The van der Waals surface area contributed by atoms with Crippen LogP contribution in [0.5, 0.6) is 5.75 Å². The molecule has 0 aromatic heterocycles. The molecule has 0 radical (unpaired) electrons. The highest BCUT2D eigenvalue weighted by atomic mass is 16.5. The van der Waals surface area contributed by atoms with Crippen molar-refractivity contribution in [3.63, 3.8) is 0 Å². The number of amides is 1. The van der Waals surface area contributed by atoms with Crippen LogP contribution in [0.4, 0.5) is 0 Å². The number of carbonyl (C=O) groups is 2. The van der Waals surface area contributed by atoms with Crippen LogP contribution in [0, 0.1) is 17.2 Å². The Labute approximate surface area is 164 Å². The molecule has 0 aliphatic heterocycles. The van der Waals surface area contributed by atoms with Gasteiger partial charge in [0.2, 0.25) is 0 Å². The third-order valence-electron chi connectivity index (χ3n) is 4.61. The zero-order valence-electron chi connectivity index (χ0n) is 16.5. The Morgan fingerprint density at radius 3 is 2.54 bits per heavy atom. The van der Waals surface area contributed by atoms with E-state index >= 15 is 0 Å². The van der Waals surface area contributed by atoms with E-state index in [1.807, 2.05) is 50.2 Å². The molecule has 2 aromatic rings. The second-order valence-corrected chi connectivity index (χ2v) is 6.93. The third kappa shape index (κ3) is 5.34. The summed E-state index contributed by atoms with van der Waals surface area (Å²) < 4.78 is 10.2. The summed E-state index contributed by atoms with van der Waals surface area (Å²) in [5.41, 5.74) is -0.177. The summed E-state index contributed by atoms with van der Waals surface area (Å²) in [5.74, 6) is -0.445. The number of hydrogen-bond donors (Lipinski definition) is 1. The van der Waals surface area contributed by atoms with Gasteiger partial charge >= 0.3 is 5.97 Å². The maximum atomic E-state index is 11.9. The van der Waals surface area contributed by atoms with Gasteiger partial charge < -0.3 is 14.8 Å². The fourth-order valence-corrected chi connectivity index (χ4v) is 2.45. The number of nitrogens with one attached hydrogen (secondary N) is 1. The molecule has 0 bridgehead atoms. The Hall–Kier alpha value is -3.33. The number of carbonyl (C=O) groups excluding carboxylic acids is 2. The quantitative estimate of drug-likeness (QED) is 0.587. The Balaban J connectivity index is 1.94. The van der Waals surface area contributed by atoms with E-state index in [-0.39, 0.29) is 5.92 Å². The van der Waals surface area contributed by atoms with Gasteiger partial charge in [0.25, 0.3) is 5.91 Å². The molecule has 0 saturated carbocycles. The highest BCUT2D eigenvalue weighted by Crippen LogP contribution is 2.22. The van der Waals surface area contributed by atoms with Gasteiger partial charge in [-0.2, -0.15) is 5.26 Å². The van der Waals surface area contributed by atoms with Gasteiger partial charge in [0.15, 0.2) is 6.61 Å². The van der Waals surface area contributed by atoms with E-state index < -0.39 is 24.0 Å². The van der Waals surface area contributed by atoms with E-state index in [9.17, 15) is 14.9 Å². The molecule has 1 N–H and O–H groups in total. The minimum absolute atomic E-state index is 0.0788. The minimum Gasteiger partial charge on any atom is -0.497 e. The number of nitrogens with zero attached hydrogens (tertiary/aromatic N) is 1. The molecular weight excluding hydrogens is 356 g/mol. The summed E-state index contributed by atoms with van der Waals surface area (Å²) in [6.45, 7) is 4.85. The van der Waals surface area contributed by atoms with Crippen LogP contribution in [0.3, 0.4) is 0 Å². The Bertz CT molecular complexity index is 943. The number of hydrogen-bond acceptors (Lipinski definition) is 5. The van der Waals surface area contributed by atoms with E-state index in [2.05, 4.69) is 11.4 Å². The summed E-state index contributed by atoms with van der Waals surface area (Å²) in [6.07, 6.45) is 2.89. The predicted molar refractivity (Wildman–Crippen MR) is 107 cm³/mol. The normalized spacial score (nSPS) is 13.1. The lowest BCUT2D eigenvalue weighted by atomic mass is 9.90. The predicted octanol–water partition coefficient (Wildman–Crippen LogP) is 3.46. The topological polar surface area (TPSA) is 88.4 Å². The van der Waals surface area contributed by atoms with Gasteiger partial charge in [-0.3, -0.25) is 4.79 Å². The monoisotopic (exact) mass is 380 g/mol. The van der Waals surface area contributed by atoms with E-state index in [1.165, 1.54) is 6.08 Å². The van der Waals surface area contributed by atoms with Gasteiger partial charge in [-0.25, -0.2) is 4.79 Å². The molecule has 1 atom stereocenters. The molecule has 0 fully saturated rings. The van der Waals surface area contributed by atoms with Crippen LogP contribution < -0.4 is 10.1 Å². The molecule has 1 amide bonds. The van der Waals surface area contributed by atoms with Crippen LogP contribution >= 0.6 is 0 Å². The van der Waals surface area contributed by atoms with Gasteiger partial charge in [-0.05, 0) is 53.5 Å². The lowest BCUT2D eigenvalue weighted by Gasteiger charge is -2.27. The fourth-order valence-electron chi connectivity index (χ4n) is 2.45. The third-order valence-corrected chi connectivity index (χ3v) is 4.61. The minimum atomic E-state index is -1.01. The molecule has 0 spiro atoms. The maximum absolute atomic E-state index is 11.9. The van der Waals surface area contributed by atoms with Crippen molar-refractivity contribution >= 4 is 28.7 Å². The summed E-state index contributed by atoms with van der Waals surface area (Å²) >= 11 is 0. The van der Waals surface area contributed by atoms with Gasteiger partial charge in [-0.15, -0.1) is 0 Å². The van der Waals surface area contributed by atoms with Crippen LogP contribution in [0.2, 0.25) is 0 Å². The first kappa shape index (κ1) is 21.0. The Kier molecular flexibility index (Phi) is 6.78. The fraction of sp³-hybridized carbons (Fsp3) is 0.318. The molecular formula is C22H24N2O4. The van der Waals surface area contributed by atoms with Crippen molar-refractivity contribution in [3.05, 3.63) is 48.0 Å². The molecule has 28 heavy (non-hydrogen) atoms. The second kappa shape index (κ2) is 9.05. The van der Waals surface area contributed by atoms with Crippen molar-refractivity contribution in [2.75, 3.05) is 13.7 Å². The van der Waals surface area contributed by atoms with Crippen molar-refractivity contribution < 1.29 is 19.1 Å². The Morgan fingerprint density at radius 2 is 1.89 bits per heavy atom. The van der Waals surface area contributed by atoms with Crippen molar-refractivity contribution in [3.8, 4) is 11.8 Å². The Morgan fingerprint density at radius 1 is 1.21 bits per heavy atom. The number of fused-ring (bicyclic) bond motifs is 1. The molecule has 0 aliphatic rings. The van der Waals surface area contributed by atoms with Gasteiger partial charge in [-0.1, -0.05) is 32.0 Å². The van der Waals surface area contributed by atoms with Gasteiger partial charge in [0.1, 0.15) is 11.3 Å². The average Bonchev–Trinajstić information content (AvgIpc) is 2.69. The molecule has 146 valence electrons. The van der Waals surface area contributed by atoms with Crippen LogP contribution in [0.1, 0.15) is 26.3 Å². The number of esters is 1. The van der Waals surface area contributed by atoms with E-state index in [4.69, 9.17) is 9.47 Å². The van der Waals surface area contributed by atoms with Crippen molar-refractivity contribution in [1.29, 1.82) is 5.26 Å². The summed E-state index contributed by atoms with van der Waals surface area (Å²) in [6, 6.07) is 13.6. The number of benzene rings is 2. The number of ether oxygens (including phenoxy) is 2. The van der Waals surface area contributed by atoms with Crippen LogP contribution in [0.15, 0.2) is 42.5 Å². The van der Waals surface area contributed by atoms with Crippen LogP contribution in [-0.4, -0.2) is 31.1 Å². The second-order valence-electron chi connectivity index (χ2n) is 6.93. The zero-order chi connectivity index (χ0) is 20.7. The van der Waals surface area contributed by atoms with Gasteiger partial charge in [0, 0.05) is 6.08 Å². The summed E-state index contributed by atoms with van der Waals surface area (Å²) in [7, 11) is 1.62. The average molecular weight is 380 g/mol. The lowest BCUT2D eigenvalue weighted by molar-refractivity contribution is -0.144. The van der Waals surface area contributed by atoms with Crippen molar-refractivity contribution in [1.82, 2.24) is 5.32 Å². The zero-order valence-corrected chi connectivity index (χ0v) is 16.5. The molecule has 0 heterocycles. The number of methoxy groups -OCH3 is 1. The summed E-state index contributed by atoms with van der Waals surface area (Å²) in [4.78, 5) is 23.8. The first-order valence-corrected chi connectivity index (χ1v) is 8.92. The molecule has 0 aliphatic carbocycles. The molecule has 6 heteroatoms. The standard InChI is InChI=1S/C22H24N2O4/c1-15(2)22(3,14-23)24-20(25)13-28-21(26)10-6-16-5-7-18-12-19(27-4)9-8-17(18)11-16/h5-12,15H,13H2,1-4H3,(H,24,25)/b10-6+/t22-/m0/s1. The van der Waals surface area contributed by atoms with Crippen LogP contribution in [-0.2, 0) is 14.3 Å².